The number of benzene rings is 3. The van der Waals surface area contributed by atoms with Crippen molar-refractivity contribution in [3.8, 4) is 0 Å². The van der Waals surface area contributed by atoms with Gasteiger partial charge in [0.05, 0.1) is 0 Å². The maximum absolute atomic E-state index is 13.6. The number of carbonyl (C=O) groups excluding carboxylic acids is 2. The quantitative estimate of drug-likeness (QED) is 0.318. The number of rotatable bonds is 5. The van der Waals surface area contributed by atoms with Crippen molar-refractivity contribution >= 4 is 40.3 Å². The van der Waals surface area contributed by atoms with Crippen LogP contribution >= 0.6 is 23.2 Å². The number of ketones is 2. The molecule has 3 aromatic rings. The van der Waals surface area contributed by atoms with Crippen LogP contribution in [0.3, 0.4) is 0 Å². The third-order valence-electron chi connectivity index (χ3n) is 5.32. The summed E-state index contributed by atoms with van der Waals surface area (Å²) < 4.78 is 0. The molecule has 0 aliphatic heterocycles. The molecule has 0 spiro atoms. The molecule has 0 atom stereocenters. The van der Waals surface area contributed by atoms with Gasteiger partial charge in [-0.05, 0) is 66.1 Å². The van der Waals surface area contributed by atoms with E-state index in [9.17, 15) is 9.59 Å². The lowest BCUT2D eigenvalue weighted by molar-refractivity contribution is 0.0727. The van der Waals surface area contributed by atoms with Crippen LogP contribution in [0.25, 0.3) is 5.57 Å². The van der Waals surface area contributed by atoms with Gasteiger partial charge >= 0.3 is 0 Å². The first-order chi connectivity index (χ1) is 14.5. The highest BCUT2D eigenvalue weighted by molar-refractivity contribution is 6.31. The molecule has 0 fully saturated rings. The van der Waals surface area contributed by atoms with Crippen LogP contribution in [0.1, 0.15) is 32.7 Å². The van der Waals surface area contributed by atoms with Crippen LogP contribution in [0.4, 0.5) is 0 Å². The number of allylic oxidation sites excluding steroid dienone is 4. The highest BCUT2D eigenvalue weighted by Crippen LogP contribution is 2.39. The first-order valence-corrected chi connectivity index (χ1v) is 10.3. The number of hydrogen-bond acceptors (Lipinski definition) is 2. The molecule has 0 unspecified atom stereocenters. The first kappa shape index (κ1) is 20.3. The van der Waals surface area contributed by atoms with Crippen LogP contribution in [-0.2, 0) is 0 Å². The lowest BCUT2D eigenvalue weighted by atomic mass is 9.69. The van der Waals surface area contributed by atoms with E-state index in [0.717, 1.165) is 11.1 Å². The average molecular weight is 433 g/mol. The van der Waals surface area contributed by atoms with Crippen LogP contribution in [0, 0.1) is 5.41 Å². The second-order valence-corrected chi connectivity index (χ2v) is 8.08. The SMILES string of the molecule is O=C(c1ccc(Cl)cc1)C1(C(=O)c2ccc(Cl)cc2)C=CC(c2ccccc2)=CC1. The summed E-state index contributed by atoms with van der Waals surface area (Å²) in [6, 6.07) is 23.2. The standard InChI is InChI=1S/C26H18Cl2O2/c27-22-10-6-20(7-11-22)24(29)26(25(30)21-8-12-23(28)13-9-21)16-14-19(15-17-26)18-4-2-1-3-5-18/h1-16H,17H2. The van der Waals surface area contributed by atoms with Crippen molar-refractivity contribution in [1.29, 1.82) is 0 Å². The summed E-state index contributed by atoms with van der Waals surface area (Å²) >= 11 is 12.0. The highest BCUT2D eigenvalue weighted by atomic mass is 35.5. The van der Waals surface area contributed by atoms with Crippen molar-refractivity contribution < 1.29 is 9.59 Å². The van der Waals surface area contributed by atoms with Gasteiger partial charge in [0.2, 0.25) is 0 Å². The highest BCUT2D eigenvalue weighted by Gasteiger charge is 2.44. The van der Waals surface area contributed by atoms with Crippen LogP contribution in [0.15, 0.2) is 97.1 Å². The molecule has 0 saturated heterocycles. The van der Waals surface area contributed by atoms with Crippen molar-refractivity contribution in [3.05, 3.63) is 124 Å². The van der Waals surface area contributed by atoms with E-state index in [2.05, 4.69) is 0 Å². The van der Waals surface area contributed by atoms with E-state index in [-0.39, 0.29) is 18.0 Å². The number of carbonyl (C=O) groups is 2. The Labute approximate surface area is 185 Å². The average Bonchev–Trinajstić information content (AvgIpc) is 2.80. The van der Waals surface area contributed by atoms with E-state index in [0.29, 0.717) is 21.2 Å². The Kier molecular flexibility index (Phi) is 5.72. The van der Waals surface area contributed by atoms with E-state index < -0.39 is 5.41 Å². The Hall–Kier alpha value is -2.94. The summed E-state index contributed by atoms with van der Waals surface area (Å²) in [6.45, 7) is 0. The molecule has 0 bridgehead atoms. The summed E-state index contributed by atoms with van der Waals surface area (Å²) in [5, 5.41) is 1.07. The van der Waals surface area contributed by atoms with Gasteiger partial charge in [-0.3, -0.25) is 9.59 Å². The molecule has 0 radical (unpaired) electrons. The van der Waals surface area contributed by atoms with Crippen LogP contribution in [-0.4, -0.2) is 11.6 Å². The minimum absolute atomic E-state index is 0.251. The maximum atomic E-state index is 13.6. The third kappa shape index (κ3) is 3.89. The van der Waals surface area contributed by atoms with Gasteiger partial charge in [0.15, 0.2) is 11.6 Å². The van der Waals surface area contributed by atoms with Crippen LogP contribution in [0.2, 0.25) is 10.0 Å². The van der Waals surface area contributed by atoms with E-state index in [1.165, 1.54) is 0 Å². The van der Waals surface area contributed by atoms with Gasteiger partial charge < -0.3 is 0 Å². The fourth-order valence-electron chi connectivity index (χ4n) is 3.64. The van der Waals surface area contributed by atoms with E-state index in [1.807, 2.05) is 42.5 Å². The van der Waals surface area contributed by atoms with Crippen molar-refractivity contribution in [2.75, 3.05) is 0 Å². The molecule has 4 heteroatoms. The first-order valence-electron chi connectivity index (χ1n) is 9.55. The lowest BCUT2D eigenvalue weighted by Crippen LogP contribution is -2.38. The summed E-state index contributed by atoms with van der Waals surface area (Å²) in [4.78, 5) is 27.2. The van der Waals surface area contributed by atoms with E-state index in [1.54, 1.807) is 54.6 Å². The lowest BCUT2D eigenvalue weighted by Gasteiger charge is -2.30. The van der Waals surface area contributed by atoms with Crippen molar-refractivity contribution in [2.24, 2.45) is 5.41 Å². The number of Topliss-reactive ketones (excluding diaryl/α,β-unsaturated/α-hetero) is 2. The Morgan fingerprint density at radius 1 is 0.700 bits per heavy atom. The molecule has 30 heavy (non-hydrogen) atoms. The van der Waals surface area contributed by atoms with Crippen LogP contribution in [0.5, 0.6) is 0 Å². The molecule has 2 nitrogen and oxygen atoms in total. The minimum atomic E-state index is -1.32. The molecule has 3 aromatic carbocycles. The molecule has 0 aromatic heterocycles. The normalized spacial score (nSPS) is 14.8. The third-order valence-corrected chi connectivity index (χ3v) is 5.83. The van der Waals surface area contributed by atoms with Gasteiger partial charge in [-0.1, -0.05) is 71.8 Å². The van der Waals surface area contributed by atoms with Crippen LogP contribution < -0.4 is 0 Å². The van der Waals surface area contributed by atoms with Gasteiger partial charge in [0.1, 0.15) is 5.41 Å². The van der Waals surface area contributed by atoms with E-state index >= 15 is 0 Å². The Morgan fingerprint density at radius 2 is 1.20 bits per heavy atom. The molecule has 0 heterocycles. The minimum Gasteiger partial charge on any atom is -0.293 e. The molecule has 4 rings (SSSR count). The summed E-state index contributed by atoms with van der Waals surface area (Å²) in [5.41, 5.74) is 1.60. The molecule has 0 saturated carbocycles. The largest absolute Gasteiger partial charge is 0.293 e. The Bertz CT molecular complexity index is 1080. The molecular weight excluding hydrogens is 415 g/mol. The Morgan fingerprint density at radius 3 is 1.63 bits per heavy atom. The molecular formula is C26H18Cl2O2. The second-order valence-electron chi connectivity index (χ2n) is 7.21. The van der Waals surface area contributed by atoms with Gasteiger partial charge in [-0.15, -0.1) is 0 Å². The molecule has 0 amide bonds. The summed E-state index contributed by atoms with van der Waals surface area (Å²) in [6.07, 6.45) is 5.83. The predicted octanol–water partition coefficient (Wildman–Crippen LogP) is 7.09. The van der Waals surface area contributed by atoms with Crippen molar-refractivity contribution in [3.63, 3.8) is 0 Å². The van der Waals surface area contributed by atoms with Gasteiger partial charge in [-0.25, -0.2) is 0 Å². The fourth-order valence-corrected chi connectivity index (χ4v) is 3.89. The monoisotopic (exact) mass is 432 g/mol. The molecule has 1 aliphatic carbocycles. The topological polar surface area (TPSA) is 34.1 Å². The molecule has 1 aliphatic rings. The second kappa shape index (κ2) is 8.43. The number of halogens is 2. The zero-order valence-electron chi connectivity index (χ0n) is 16.0. The number of hydrogen-bond donors (Lipinski definition) is 0. The molecule has 148 valence electrons. The predicted molar refractivity (Wildman–Crippen MR) is 122 cm³/mol. The Balaban J connectivity index is 1.76. The maximum Gasteiger partial charge on any atom is 0.180 e. The fraction of sp³-hybridized carbons (Fsp3) is 0.0769. The zero-order valence-corrected chi connectivity index (χ0v) is 17.5. The smallest absolute Gasteiger partial charge is 0.180 e. The summed E-state index contributed by atoms with van der Waals surface area (Å²) in [7, 11) is 0. The van der Waals surface area contributed by atoms with Gasteiger partial charge in [0, 0.05) is 21.2 Å². The summed E-state index contributed by atoms with van der Waals surface area (Å²) in [5.74, 6) is -0.502. The zero-order chi connectivity index (χ0) is 21.1. The van der Waals surface area contributed by atoms with Crippen molar-refractivity contribution in [2.45, 2.75) is 6.42 Å². The van der Waals surface area contributed by atoms with Gasteiger partial charge in [0.25, 0.3) is 0 Å². The van der Waals surface area contributed by atoms with E-state index in [4.69, 9.17) is 23.2 Å². The van der Waals surface area contributed by atoms with Crippen molar-refractivity contribution in [1.82, 2.24) is 0 Å². The van der Waals surface area contributed by atoms with Gasteiger partial charge in [-0.2, -0.15) is 0 Å². The molecule has 0 N–H and O–H groups in total.